The number of aliphatic hydroxyl groups excluding tert-OH is 1. The molecule has 3 nitrogen and oxygen atoms in total. The van der Waals surface area contributed by atoms with Crippen LogP contribution in [0.3, 0.4) is 0 Å². The van der Waals surface area contributed by atoms with Gasteiger partial charge < -0.3 is 5.11 Å². The summed E-state index contributed by atoms with van der Waals surface area (Å²) in [6.07, 6.45) is 4.18. The molecule has 60 valence electrons. The van der Waals surface area contributed by atoms with Gasteiger partial charge in [-0.3, -0.25) is 0 Å². The van der Waals surface area contributed by atoms with E-state index in [-0.39, 0.29) is 12.5 Å². The molecule has 1 atom stereocenters. The quantitative estimate of drug-likeness (QED) is 0.691. The van der Waals surface area contributed by atoms with Crippen LogP contribution in [0.1, 0.15) is 12.7 Å². The Balaban J connectivity index is 2.51. The maximum Gasteiger partial charge on any atom is 0.128 e. The zero-order chi connectivity index (χ0) is 8.10. The lowest BCUT2D eigenvalue weighted by Crippen LogP contribution is -2.07. The highest BCUT2D eigenvalue weighted by molar-refractivity contribution is 4.89. The van der Waals surface area contributed by atoms with Gasteiger partial charge in [0.15, 0.2) is 0 Å². The van der Waals surface area contributed by atoms with Crippen molar-refractivity contribution >= 4 is 0 Å². The van der Waals surface area contributed by atoms with Crippen LogP contribution in [0.2, 0.25) is 0 Å². The lowest BCUT2D eigenvalue weighted by molar-refractivity contribution is 0.235. The Labute approximate surface area is 66.1 Å². The number of rotatable bonds is 3. The Morgan fingerprint density at radius 3 is 2.64 bits per heavy atom. The fourth-order valence-electron chi connectivity index (χ4n) is 0.812. The highest BCUT2D eigenvalue weighted by atomic mass is 16.3. The van der Waals surface area contributed by atoms with Crippen LogP contribution in [0.15, 0.2) is 18.5 Å². The van der Waals surface area contributed by atoms with E-state index in [4.69, 9.17) is 5.11 Å². The zero-order valence-electron chi connectivity index (χ0n) is 6.57. The van der Waals surface area contributed by atoms with Gasteiger partial charge in [0.2, 0.25) is 0 Å². The highest BCUT2D eigenvalue weighted by Gasteiger charge is 2.02. The van der Waals surface area contributed by atoms with Crippen LogP contribution < -0.4 is 0 Å². The molecule has 1 heterocycles. The minimum atomic E-state index is 0.193. The molecule has 3 heteroatoms. The standard InChI is InChI=1S/C8H12N2O/c1-7(6-11)5-8-9-3-2-4-10-8/h2-4,7,11H,5-6H2,1H3. The molecular formula is C8H12N2O. The average Bonchev–Trinajstić information content (AvgIpc) is 2.06. The zero-order valence-corrected chi connectivity index (χ0v) is 6.57. The van der Waals surface area contributed by atoms with Crippen molar-refractivity contribution in [2.45, 2.75) is 13.3 Å². The summed E-state index contributed by atoms with van der Waals surface area (Å²) in [5, 5.41) is 8.74. The van der Waals surface area contributed by atoms with Crippen molar-refractivity contribution in [3.05, 3.63) is 24.3 Å². The van der Waals surface area contributed by atoms with Crippen molar-refractivity contribution in [3.63, 3.8) is 0 Å². The number of nitrogens with zero attached hydrogens (tertiary/aromatic N) is 2. The molecule has 0 amide bonds. The average molecular weight is 152 g/mol. The Morgan fingerprint density at radius 2 is 2.09 bits per heavy atom. The van der Waals surface area contributed by atoms with Gasteiger partial charge in [0.1, 0.15) is 5.82 Å². The SMILES string of the molecule is CC(CO)Cc1ncccn1. The second-order valence-electron chi connectivity index (χ2n) is 2.66. The van der Waals surface area contributed by atoms with E-state index in [9.17, 15) is 0 Å². The van der Waals surface area contributed by atoms with Gasteiger partial charge in [-0.1, -0.05) is 6.92 Å². The van der Waals surface area contributed by atoms with E-state index in [1.54, 1.807) is 18.5 Å². The summed E-state index contributed by atoms with van der Waals surface area (Å²) < 4.78 is 0. The molecule has 0 fully saturated rings. The van der Waals surface area contributed by atoms with Crippen molar-refractivity contribution in [1.82, 2.24) is 9.97 Å². The molecule has 0 aliphatic rings. The Bertz CT molecular complexity index is 201. The summed E-state index contributed by atoms with van der Waals surface area (Å²) in [4.78, 5) is 8.09. The van der Waals surface area contributed by atoms with E-state index in [0.717, 1.165) is 12.2 Å². The van der Waals surface area contributed by atoms with E-state index in [2.05, 4.69) is 9.97 Å². The fraction of sp³-hybridized carbons (Fsp3) is 0.500. The first-order valence-electron chi connectivity index (χ1n) is 3.69. The molecule has 1 N–H and O–H groups in total. The lowest BCUT2D eigenvalue weighted by Gasteiger charge is -2.04. The third-order valence-corrected chi connectivity index (χ3v) is 1.46. The molecule has 1 rings (SSSR count). The smallest absolute Gasteiger partial charge is 0.128 e. The van der Waals surface area contributed by atoms with Crippen molar-refractivity contribution in [2.75, 3.05) is 6.61 Å². The third kappa shape index (κ3) is 2.63. The molecule has 1 aromatic rings. The predicted molar refractivity (Wildman–Crippen MR) is 42.0 cm³/mol. The summed E-state index contributed by atoms with van der Waals surface area (Å²) in [5.74, 6) is 1.05. The lowest BCUT2D eigenvalue weighted by atomic mass is 10.1. The number of aliphatic hydroxyl groups is 1. The molecule has 0 saturated heterocycles. The van der Waals surface area contributed by atoms with Crippen molar-refractivity contribution in [2.24, 2.45) is 5.92 Å². The van der Waals surface area contributed by atoms with Crippen LogP contribution >= 0.6 is 0 Å². The van der Waals surface area contributed by atoms with E-state index < -0.39 is 0 Å². The van der Waals surface area contributed by atoms with Crippen LogP contribution in [-0.4, -0.2) is 21.7 Å². The molecule has 0 radical (unpaired) electrons. The first-order chi connectivity index (χ1) is 5.33. The van der Waals surface area contributed by atoms with Gasteiger partial charge in [-0.2, -0.15) is 0 Å². The number of aromatic nitrogens is 2. The van der Waals surface area contributed by atoms with Crippen molar-refractivity contribution in [1.29, 1.82) is 0 Å². The molecule has 0 saturated carbocycles. The van der Waals surface area contributed by atoms with E-state index in [1.165, 1.54) is 0 Å². The predicted octanol–water partition coefficient (Wildman–Crippen LogP) is 0.647. The van der Waals surface area contributed by atoms with Gasteiger partial charge in [-0.05, 0) is 12.0 Å². The summed E-state index contributed by atoms with van der Waals surface area (Å²) in [7, 11) is 0. The van der Waals surface area contributed by atoms with Crippen molar-refractivity contribution in [3.8, 4) is 0 Å². The molecular weight excluding hydrogens is 140 g/mol. The molecule has 0 aliphatic heterocycles. The first-order valence-corrected chi connectivity index (χ1v) is 3.69. The van der Waals surface area contributed by atoms with Gasteiger partial charge in [-0.15, -0.1) is 0 Å². The highest BCUT2D eigenvalue weighted by Crippen LogP contribution is 2.00. The molecule has 0 aromatic carbocycles. The third-order valence-electron chi connectivity index (χ3n) is 1.46. The molecule has 0 bridgehead atoms. The van der Waals surface area contributed by atoms with Gasteiger partial charge in [-0.25, -0.2) is 9.97 Å². The van der Waals surface area contributed by atoms with Gasteiger partial charge in [0, 0.05) is 25.4 Å². The molecule has 1 unspecified atom stereocenters. The van der Waals surface area contributed by atoms with Gasteiger partial charge in [0.05, 0.1) is 0 Å². The number of hydrogen-bond donors (Lipinski definition) is 1. The minimum Gasteiger partial charge on any atom is -0.396 e. The van der Waals surface area contributed by atoms with Gasteiger partial charge in [0.25, 0.3) is 0 Å². The molecule has 1 aromatic heterocycles. The van der Waals surface area contributed by atoms with Gasteiger partial charge >= 0.3 is 0 Å². The van der Waals surface area contributed by atoms with Crippen LogP contribution in [0, 0.1) is 5.92 Å². The summed E-state index contributed by atoms with van der Waals surface area (Å²) >= 11 is 0. The normalized spacial score (nSPS) is 12.9. The van der Waals surface area contributed by atoms with Crippen LogP contribution in [0.4, 0.5) is 0 Å². The minimum absolute atomic E-state index is 0.193. The number of hydrogen-bond acceptors (Lipinski definition) is 3. The van der Waals surface area contributed by atoms with Crippen LogP contribution in [0.25, 0.3) is 0 Å². The maximum absolute atomic E-state index is 8.74. The molecule has 11 heavy (non-hydrogen) atoms. The second-order valence-corrected chi connectivity index (χ2v) is 2.66. The maximum atomic E-state index is 8.74. The van der Waals surface area contributed by atoms with E-state index in [0.29, 0.717) is 0 Å². The summed E-state index contributed by atoms with van der Waals surface area (Å²) in [6.45, 7) is 2.16. The van der Waals surface area contributed by atoms with E-state index >= 15 is 0 Å². The summed E-state index contributed by atoms with van der Waals surface area (Å²) in [5.41, 5.74) is 0. The fourth-order valence-corrected chi connectivity index (χ4v) is 0.812. The topological polar surface area (TPSA) is 46.0 Å². The largest absolute Gasteiger partial charge is 0.396 e. The van der Waals surface area contributed by atoms with Crippen LogP contribution in [-0.2, 0) is 6.42 Å². The monoisotopic (exact) mass is 152 g/mol. The Morgan fingerprint density at radius 1 is 1.45 bits per heavy atom. The Kier molecular flexibility index (Phi) is 2.98. The van der Waals surface area contributed by atoms with Crippen LogP contribution in [0.5, 0.6) is 0 Å². The molecule has 0 spiro atoms. The Hall–Kier alpha value is -0.960. The summed E-state index contributed by atoms with van der Waals surface area (Å²) in [6, 6.07) is 1.78. The molecule has 0 aliphatic carbocycles. The van der Waals surface area contributed by atoms with Crippen molar-refractivity contribution < 1.29 is 5.11 Å². The first kappa shape index (κ1) is 8.14. The van der Waals surface area contributed by atoms with E-state index in [1.807, 2.05) is 6.92 Å². The second kappa shape index (κ2) is 4.03.